The Bertz CT molecular complexity index is 303. The minimum atomic E-state index is -0.837. The minimum Gasteiger partial charge on any atom is -0.481 e. The highest BCUT2D eigenvalue weighted by Gasteiger charge is 2.21. The maximum Gasteiger partial charge on any atom is 0.304 e. The first-order valence-corrected chi connectivity index (χ1v) is 6.85. The number of hydrogen-bond acceptors (Lipinski definition) is 4. The third-order valence-electron chi connectivity index (χ3n) is 3.43. The molecule has 1 rings (SSSR count). The van der Waals surface area contributed by atoms with Crippen LogP contribution in [0.1, 0.15) is 33.1 Å². The molecule has 110 valence electrons. The zero-order valence-corrected chi connectivity index (χ0v) is 11.7. The number of hydrogen-bond donors (Lipinski definition) is 2. The van der Waals surface area contributed by atoms with E-state index in [1.165, 1.54) is 0 Å². The molecule has 0 spiro atoms. The van der Waals surface area contributed by atoms with E-state index in [1.54, 1.807) is 0 Å². The fourth-order valence-corrected chi connectivity index (χ4v) is 2.26. The zero-order chi connectivity index (χ0) is 14.3. The molecule has 0 radical (unpaired) electrons. The van der Waals surface area contributed by atoms with Gasteiger partial charge in [-0.3, -0.25) is 14.5 Å². The number of nitrogens with zero attached hydrogens (tertiary/aromatic N) is 1. The van der Waals surface area contributed by atoms with Crippen LogP contribution >= 0.6 is 0 Å². The van der Waals surface area contributed by atoms with Gasteiger partial charge >= 0.3 is 5.97 Å². The van der Waals surface area contributed by atoms with Gasteiger partial charge in [0.15, 0.2) is 0 Å². The van der Waals surface area contributed by atoms with E-state index in [-0.39, 0.29) is 31.0 Å². The van der Waals surface area contributed by atoms with Crippen LogP contribution in [0.25, 0.3) is 0 Å². The highest BCUT2D eigenvalue weighted by Crippen LogP contribution is 2.07. The summed E-state index contributed by atoms with van der Waals surface area (Å²) in [5, 5.41) is 11.8. The largest absolute Gasteiger partial charge is 0.481 e. The first-order chi connectivity index (χ1) is 9.02. The van der Waals surface area contributed by atoms with Crippen LogP contribution in [0.4, 0.5) is 0 Å². The Balaban J connectivity index is 2.36. The smallest absolute Gasteiger partial charge is 0.304 e. The molecule has 1 fully saturated rings. The second kappa shape index (κ2) is 8.12. The second-order valence-corrected chi connectivity index (χ2v) is 4.96. The Morgan fingerprint density at radius 1 is 1.42 bits per heavy atom. The lowest BCUT2D eigenvalue weighted by Gasteiger charge is -2.28. The summed E-state index contributed by atoms with van der Waals surface area (Å²) in [6.45, 7) is 6.06. The Morgan fingerprint density at radius 3 is 2.58 bits per heavy atom. The van der Waals surface area contributed by atoms with Crippen LogP contribution in [0, 0.1) is 0 Å². The van der Waals surface area contributed by atoms with E-state index in [4.69, 9.17) is 9.84 Å². The van der Waals surface area contributed by atoms with Gasteiger partial charge < -0.3 is 15.2 Å². The molecule has 0 bridgehead atoms. The predicted molar refractivity (Wildman–Crippen MR) is 70.9 cm³/mol. The van der Waals surface area contributed by atoms with E-state index in [0.29, 0.717) is 19.8 Å². The van der Waals surface area contributed by atoms with Crippen molar-refractivity contribution in [2.45, 2.75) is 45.2 Å². The number of carbonyl (C=O) groups is 2. The number of aliphatic carboxylic acids is 1. The normalized spacial score (nSPS) is 18.3. The molecule has 2 N–H and O–H groups in total. The predicted octanol–water partition coefficient (Wildman–Crippen LogP) is 0.467. The molecule has 1 aliphatic rings. The first-order valence-electron chi connectivity index (χ1n) is 6.85. The van der Waals surface area contributed by atoms with Crippen molar-refractivity contribution in [3.05, 3.63) is 0 Å². The van der Waals surface area contributed by atoms with Gasteiger partial charge in [-0.2, -0.15) is 0 Å². The van der Waals surface area contributed by atoms with Crippen LogP contribution in [-0.4, -0.2) is 60.3 Å². The van der Waals surface area contributed by atoms with Crippen LogP contribution in [0.2, 0.25) is 0 Å². The number of amides is 1. The number of likely N-dealkylation sites (N-methyl/N-ethyl adjacent to an activating group) is 1. The highest BCUT2D eigenvalue weighted by molar-refractivity contribution is 5.78. The summed E-state index contributed by atoms with van der Waals surface area (Å²) < 4.78 is 5.24. The second-order valence-electron chi connectivity index (χ2n) is 4.96. The molecule has 1 aliphatic heterocycles. The summed E-state index contributed by atoms with van der Waals surface area (Å²) >= 11 is 0. The van der Waals surface area contributed by atoms with Crippen LogP contribution in [0.5, 0.6) is 0 Å². The molecule has 1 amide bonds. The fourth-order valence-electron chi connectivity index (χ4n) is 2.26. The number of ether oxygens (including phenoxy) is 1. The lowest BCUT2D eigenvalue weighted by Crippen LogP contribution is -2.46. The van der Waals surface area contributed by atoms with Gasteiger partial charge in [0.05, 0.1) is 13.0 Å². The van der Waals surface area contributed by atoms with Crippen molar-refractivity contribution in [3.8, 4) is 0 Å². The third kappa shape index (κ3) is 6.02. The van der Waals surface area contributed by atoms with Crippen molar-refractivity contribution in [3.63, 3.8) is 0 Å². The molecule has 1 unspecified atom stereocenters. The Morgan fingerprint density at radius 2 is 2.05 bits per heavy atom. The maximum atomic E-state index is 11.9. The number of carboxylic acids is 1. The van der Waals surface area contributed by atoms with Crippen molar-refractivity contribution >= 4 is 11.9 Å². The summed E-state index contributed by atoms with van der Waals surface area (Å²) in [6.07, 6.45) is 1.75. The van der Waals surface area contributed by atoms with E-state index in [0.717, 1.165) is 12.8 Å². The lowest BCUT2D eigenvalue weighted by atomic mass is 10.1. The molecule has 6 nitrogen and oxygen atoms in total. The van der Waals surface area contributed by atoms with Gasteiger partial charge in [0, 0.05) is 25.3 Å². The Labute approximate surface area is 114 Å². The molecule has 19 heavy (non-hydrogen) atoms. The van der Waals surface area contributed by atoms with Crippen molar-refractivity contribution < 1.29 is 19.4 Å². The number of carboxylic acid groups (broad SMARTS) is 1. The highest BCUT2D eigenvalue weighted by atomic mass is 16.5. The summed E-state index contributed by atoms with van der Waals surface area (Å²) in [4.78, 5) is 24.5. The minimum absolute atomic E-state index is 0.0361. The SMILES string of the molecule is CCN(CC(=O)NC1CCOCC1)C(C)CC(=O)O. The van der Waals surface area contributed by atoms with E-state index >= 15 is 0 Å². The number of carbonyl (C=O) groups excluding carboxylic acids is 1. The monoisotopic (exact) mass is 272 g/mol. The zero-order valence-electron chi connectivity index (χ0n) is 11.7. The average molecular weight is 272 g/mol. The quantitative estimate of drug-likeness (QED) is 0.704. The molecular formula is C13H24N2O4. The van der Waals surface area contributed by atoms with Gasteiger partial charge in [-0.1, -0.05) is 6.92 Å². The van der Waals surface area contributed by atoms with E-state index in [1.807, 2.05) is 18.7 Å². The van der Waals surface area contributed by atoms with Gasteiger partial charge in [-0.15, -0.1) is 0 Å². The number of nitrogens with one attached hydrogen (secondary N) is 1. The van der Waals surface area contributed by atoms with Gasteiger partial charge in [-0.25, -0.2) is 0 Å². The van der Waals surface area contributed by atoms with Crippen LogP contribution in [0.3, 0.4) is 0 Å². The standard InChI is InChI=1S/C13H24N2O4/c1-3-15(10(2)8-13(17)18)9-12(16)14-11-4-6-19-7-5-11/h10-11H,3-9H2,1-2H3,(H,14,16)(H,17,18). The van der Waals surface area contributed by atoms with Crippen LogP contribution < -0.4 is 5.32 Å². The summed E-state index contributed by atoms with van der Waals surface area (Å²) in [5.74, 6) is -0.873. The molecule has 6 heteroatoms. The molecule has 0 saturated carbocycles. The van der Waals surface area contributed by atoms with Crippen LogP contribution in [-0.2, 0) is 14.3 Å². The van der Waals surface area contributed by atoms with Crippen LogP contribution in [0.15, 0.2) is 0 Å². The molecule has 1 atom stereocenters. The molecule has 0 aromatic heterocycles. The summed E-state index contributed by atoms with van der Waals surface area (Å²) in [5.41, 5.74) is 0. The van der Waals surface area contributed by atoms with Gasteiger partial charge in [0.2, 0.25) is 5.91 Å². The first kappa shape index (κ1) is 15.9. The molecule has 0 aromatic carbocycles. The van der Waals surface area contributed by atoms with Gasteiger partial charge in [-0.05, 0) is 26.3 Å². The molecule has 0 aliphatic carbocycles. The van der Waals surface area contributed by atoms with Crippen molar-refractivity contribution in [2.75, 3.05) is 26.3 Å². The fraction of sp³-hybridized carbons (Fsp3) is 0.846. The molecule has 1 saturated heterocycles. The van der Waals surface area contributed by atoms with E-state index in [2.05, 4.69) is 5.32 Å². The number of rotatable bonds is 7. The maximum absolute atomic E-state index is 11.9. The topological polar surface area (TPSA) is 78.9 Å². The van der Waals surface area contributed by atoms with E-state index < -0.39 is 5.97 Å². The molecule has 0 aromatic rings. The van der Waals surface area contributed by atoms with E-state index in [9.17, 15) is 9.59 Å². The molecule has 1 heterocycles. The molecular weight excluding hydrogens is 248 g/mol. The van der Waals surface area contributed by atoms with Gasteiger partial charge in [0.25, 0.3) is 0 Å². The Hall–Kier alpha value is -1.14. The summed E-state index contributed by atoms with van der Waals surface area (Å²) in [6, 6.07) is 0.0534. The third-order valence-corrected chi connectivity index (χ3v) is 3.43. The van der Waals surface area contributed by atoms with Crippen molar-refractivity contribution in [1.29, 1.82) is 0 Å². The summed E-state index contributed by atoms with van der Waals surface area (Å²) in [7, 11) is 0. The Kier molecular flexibility index (Phi) is 6.80. The van der Waals surface area contributed by atoms with Crippen molar-refractivity contribution in [1.82, 2.24) is 10.2 Å². The van der Waals surface area contributed by atoms with Crippen molar-refractivity contribution in [2.24, 2.45) is 0 Å². The lowest BCUT2D eigenvalue weighted by molar-refractivity contribution is -0.139. The van der Waals surface area contributed by atoms with Gasteiger partial charge in [0.1, 0.15) is 0 Å². The average Bonchev–Trinajstić information content (AvgIpc) is 2.36.